The van der Waals surface area contributed by atoms with Gasteiger partial charge in [0.2, 0.25) is 11.8 Å². The minimum atomic E-state index is -1.02. The predicted molar refractivity (Wildman–Crippen MR) is 104 cm³/mol. The highest BCUT2D eigenvalue weighted by Crippen LogP contribution is 2.48. The number of carbonyl (C=O) groups excluding carboxylic acids is 1. The smallest absolute Gasteiger partial charge is 0.336 e. The van der Waals surface area contributed by atoms with Crippen LogP contribution in [0.25, 0.3) is 16.5 Å². The Bertz CT molecular complexity index is 1220. The number of aromatic hydroxyl groups is 1. The molecule has 2 N–H and O–H groups in total. The maximum atomic E-state index is 13.1. The van der Waals surface area contributed by atoms with E-state index in [4.69, 9.17) is 5.11 Å². The molecule has 8 nitrogen and oxygen atoms in total. The first-order valence-corrected chi connectivity index (χ1v) is 9.52. The van der Waals surface area contributed by atoms with Crippen LogP contribution in [0.5, 0.6) is 5.88 Å². The van der Waals surface area contributed by atoms with Crippen LogP contribution in [0.15, 0.2) is 47.3 Å². The van der Waals surface area contributed by atoms with Crippen LogP contribution in [0.3, 0.4) is 0 Å². The zero-order chi connectivity index (χ0) is 20.3. The van der Waals surface area contributed by atoms with E-state index in [0.29, 0.717) is 24.3 Å². The molecule has 0 aliphatic carbocycles. The Hall–Kier alpha value is -3.55. The summed E-state index contributed by atoms with van der Waals surface area (Å²) in [6, 6.07) is 12.7. The number of hydrogen-bond acceptors (Lipinski definition) is 4. The summed E-state index contributed by atoms with van der Waals surface area (Å²) in [7, 11) is 0. The van der Waals surface area contributed by atoms with Crippen LogP contribution < -0.4 is 5.69 Å². The SMILES string of the molecule is O=C(O)CCC(=O)N1C[C@@H]2C[C@H]1c1c(O)n(-c3ccc4ccccc4c3)c(=O)n12. The van der Waals surface area contributed by atoms with E-state index in [9.17, 15) is 19.5 Å². The first-order valence-electron chi connectivity index (χ1n) is 9.52. The molecule has 1 amide bonds. The maximum Gasteiger partial charge on any atom is 0.336 e. The molecule has 2 bridgehead atoms. The zero-order valence-corrected chi connectivity index (χ0v) is 15.5. The van der Waals surface area contributed by atoms with Crippen LogP contribution in [-0.4, -0.2) is 42.7 Å². The third-order valence-corrected chi connectivity index (χ3v) is 5.92. The second-order valence-electron chi connectivity index (χ2n) is 7.57. The van der Waals surface area contributed by atoms with Crippen molar-refractivity contribution < 1.29 is 19.8 Å². The molecule has 2 aliphatic rings. The molecule has 1 saturated heterocycles. The van der Waals surface area contributed by atoms with Crippen molar-refractivity contribution in [3.8, 4) is 11.6 Å². The van der Waals surface area contributed by atoms with Gasteiger partial charge in [0.15, 0.2) is 0 Å². The van der Waals surface area contributed by atoms with Gasteiger partial charge in [-0.3, -0.25) is 14.2 Å². The predicted octanol–water partition coefficient (Wildman–Crippen LogP) is 2.19. The standard InChI is InChI=1S/C21H19N3O5/c25-17(7-8-18(26)27)22-11-15-10-16(22)19-20(28)24(21(29)23(15)19)14-6-5-12-3-1-2-4-13(12)9-14/h1-6,9,15-16,28H,7-8,10-11H2,(H,26,27)/t15-,16-/m0/s1. The molecule has 0 radical (unpaired) electrons. The number of hydrogen-bond donors (Lipinski definition) is 2. The molecule has 3 heterocycles. The molecule has 0 spiro atoms. The average Bonchev–Trinajstić information content (AvgIpc) is 3.37. The van der Waals surface area contributed by atoms with Crippen LogP contribution in [0, 0.1) is 0 Å². The molecule has 3 aromatic rings. The lowest BCUT2D eigenvalue weighted by atomic mass is 10.1. The van der Waals surface area contributed by atoms with E-state index in [1.54, 1.807) is 15.5 Å². The van der Waals surface area contributed by atoms with Crippen molar-refractivity contribution >= 4 is 22.6 Å². The molecule has 1 aromatic heterocycles. The minimum Gasteiger partial charge on any atom is -0.493 e. The molecule has 0 unspecified atom stereocenters. The van der Waals surface area contributed by atoms with Crippen molar-refractivity contribution in [1.82, 2.24) is 14.0 Å². The Morgan fingerprint density at radius 1 is 1.07 bits per heavy atom. The summed E-state index contributed by atoms with van der Waals surface area (Å²) >= 11 is 0. The topological polar surface area (TPSA) is 105 Å². The van der Waals surface area contributed by atoms with Gasteiger partial charge in [-0.05, 0) is 29.3 Å². The second kappa shape index (κ2) is 6.23. The summed E-state index contributed by atoms with van der Waals surface area (Å²) in [6.07, 6.45) is 0.244. The third kappa shape index (κ3) is 2.55. The number of fused-ring (bicyclic) bond motifs is 6. The number of carboxylic acid groups (broad SMARTS) is 1. The Balaban J connectivity index is 1.54. The Morgan fingerprint density at radius 2 is 1.83 bits per heavy atom. The number of rotatable bonds is 4. The molecule has 5 rings (SSSR count). The van der Waals surface area contributed by atoms with E-state index in [-0.39, 0.29) is 36.4 Å². The van der Waals surface area contributed by atoms with Gasteiger partial charge < -0.3 is 15.1 Å². The number of benzene rings is 2. The van der Waals surface area contributed by atoms with Gasteiger partial charge in [-0.15, -0.1) is 0 Å². The zero-order valence-electron chi connectivity index (χ0n) is 15.5. The number of aromatic nitrogens is 2. The van der Waals surface area contributed by atoms with E-state index in [0.717, 1.165) is 10.8 Å². The van der Waals surface area contributed by atoms with Gasteiger partial charge in [0, 0.05) is 13.0 Å². The molecule has 8 heteroatoms. The number of carbonyl (C=O) groups is 2. The third-order valence-electron chi connectivity index (χ3n) is 5.92. The van der Waals surface area contributed by atoms with Crippen LogP contribution in [-0.2, 0) is 9.59 Å². The van der Waals surface area contributed by atoms with Gasteiger partial charge in [-0.1, -0.05) is 30.3 Å². The van der Waals surface area contributed by atoms with Gasteiger partial charge in [-0.2, -0.15) is 0 Å². The highest BCUT2D eigenvalue weighted by Gasteiger charge is 2.48. The number of likely N-dealkylation sites (tertiary alicyclic amines) is 1. The fourth-order valence-corrected chi connectivity index (χ4v) is 4.63. The van der Waals surface area contributed by atoms with Gasteiger partial charge in [-0.25, -0.2) is 9.36 Å². The second-order valence-corrected chi connectivity index (χ2v) is 7.57. The van der Waals surface area contributed by atoms with E-state index < -0.39 is 12.0 Å². The fourth-order valence-electron chi connectivity index (χ4n) is 4.63. The molecule has 0 saturated carbocycles. The lowest BCUT2D eigenvalue weighted by Gasteiger charge is -2.27. The summed E-state index contributed by atoms with van der Waals surface area (Å²) in [4.78, 5) is 37.9. The average molecular weight is 393 g/mol. The summed E-state index contributed by atoms with van der Waals surface area (Å²) in [5.41, 5.74) is 0.678. The highest BCUT2D eigenvalue weighted by molar-refractivity contribution is 5.84. The van der Waals surface area contributed by atoms with Crippen molar-refractivity contribution in [1.29, 1.82) is 0 Å². The van der Waals surface area contributed by atoms with Crippen molar-refractivity contribution in [2.45, 2.75) is 31.3 Å². The van der Waals surface area contributed by atoms with Crippen LogP contribution in [0.1, 0.15) is 37.0 Å². The number of carboxylic acids is 1. The normalized spacial score (nSPS) is 19.7. The Kier molecular flexibility index (Phi) is 3.77. The summed E-state index contributed by atoms with van der Waals surface area (Å²) in [6.45, 7) is 0.358. The van der Waals surface area contributed by atoms with Crippen LogP contribution in [0.2, 0.25) is 0 Å². The number of amides is 1. The number of aliphatic carboxylic acids is 1. The van der Waals surface area contributed by atoms with Gasteiger partial charge in [0.25, 0.3) is 0 Å². The van der Waals surface area contributed by atoms with Crippen molar-refractivity contribution in [3.63, 3.8) is 0 Å². The van der Waals surface area contributed by atoms with Crippen LogP contribution >= 0.6 is 0 Å². The van der Waals surface area contributed by atoms with Crippen LogP contribution in [0.4, 0.5) is 0 Å². The lowest BCUT2D eigenvalue weighted by molar-refractivity contribution is -0.141. The van der Waals surface area contributed by atoms with Crippen molar-refractivity contribution in [2.75, 3.05) is 6.54 Å². The maximum absolute atomic E-state index is 13.1. The molecule has 2 aromatic carbocycles. The van der Waals surface area contributed by atoms with Crippen molar-refractivity contribution in [3.05, 3.63) is 58.6 Å². The minimum absolute atomic E-state index is 0.0884. The molecule has 2 atom stereocenters. The largest absolute Gasteiger partial charge is 0.493 e. The molecular formula is C21H19N3O5. The Labute approximate surface area is 165 Å². The highest BCUT2D eigenvalue weighted by atomic mass is 16.4. The van der Waals surface area contributed by atoms with E-state index in [1.807, 2.05) is 36.4 Å². The first kappa shape index (κ1) is 17.5. The molecule has 148 valence electrons. The van der Waals surface area contributed by atoms with Gasteiger partial charge in [0.05, 0.1) is 24.2 Å². The van der Waals surface area contributed by atoms with Crippen molar-refractivity contribution in [2.24, 2.45) is 0 Å². The fraction of sp³-hybridized carbons (Fsp3) is 0.286. The first-order chi connectivity index (χ1) is 14.0. The van der Waals surface area contributed by atoms with E-state index in [1.165, 1.54) is 4.57 Å². The summed E-state index contributed by atoms with van der Waals surface area (Å²) in [5, 5.41) is 21.7. The molecule has 1 fully saturated rings. The number of nitrogens with zero attached hydrogens (tertiary/aromatic N) is 3. The lowest BCUT2D eigenvalue weighted by Crippen LogP contribution is -2.37. The summed E-state index contributed by atoms with van der Waals surface area (Å²) in [5.74, 6) is -1.45. The monoisotopic (exact) mass is 393 g/mol. The Morgan fingerprint density at radius 3 is 2.59 bits per heavy atom. The molecule has 29 heavy (non-hydrogen) atoms. The van der Waals surface area contributed by atoms with Gasteiger partial charge >= 0.3 is 11.7 Å². The number of imidazole rings is 1. The molecule has 2 aliphatic heterocycles. The summed E-state index contributed by atoms with van der Waals surface area (Å²) < 4.78 is 2.86. The van der Waals surface area contributed by atoms with E-state index >= 15 is 0 Å². The van der Waals surface area contributed by atoms with E-state index in [2.05, 4.69) is 0 Å². The molecular weight excluding hydrogens is 374 g/mol. The quantitative estimate of drug-likeness (QED) is 0.707. The van der Waals surface area contributed by atoms with Gasteiger partial charge in [0.1, 0.15) is 5.69 Å².